The molecule has 1 aliphatic rings. The summed E-state index contributed by atoms with van der Waals surface area (Å²) in [5, 5.41) is 6.47. The van der Waals surface area contributed by atoms with Crippen LogP contribution in [0.4, 0.5) is 11.4 Å². The summed E-state index contributed by atoms with van der Waals surface area (Å²) in [7, 11) is 4.11. The number of nitrogens with zero attached hydrogens (tertiary/aromatic N) is 1. The Morgan fingerprint density at radius 1 is 0.893 bits per heavy atom. The topological polar surface area (TPSA) is 44.4 Å². The van der Waals surface area contributed by atoms with E-state index < -0.39 is 0 Å². The molecule has 0 aromatic heterocycles. The molecule has 0 saturated heterocycles. The normalized spacial score (nSPS) is 14.6. The molecule has 0 unspecified atom stereocenters. The van der Waals surface area contributed by atoms with Crippen LogP contribution in [-0.2, 0) is 11.3 Å². The van der Waals surface area contributed by atoms with E-state index >= 15 is 0 Å². The van der Waals surface area contributed by atoms with Crippen LogP contribution in [0, 0.1) is 0 Å². The molecular formula is C24H23N3O. The van der Waals surface area contributed by atoms with Crippen LogP contribution in [0.2, 0.25) is 0 Å². The van der Waals surface area contributed by atoms with Gasteiger partial charge in [0.2, 0.25) is 0 Å². The molecule has 2 N–H and O–H groups in total. The molecule has 0 radical (unpaired) electrons. The summed E-state index contributed by atoms with van der Waals surface area (Å²) in [4.78, 5) is 14.9. The quantitative estimate of drug-likeness (QED) is 0.642. The first-order valence-corrected chi connectivity index (χ1v) is 9.33. The first kappa shape index (κ1) is 18.0. The SMILES string of the molecule is CN(C)Cc1ccc(N/C(=C2\C(=O)Nc3ccccc32)c2ccccc2)cc1. The number of nitrogens with one attached hydrogen (secondary N) is 2. The Morgan fingerprint density at radius 2 is 1.57 bits per heavy atom. The zero-order valence-electron chi connectivity index (χ0n) is 16.1. The summed E-state index contributed by atoms with van der Waals surface area (Å²) in [6, 6.07) is 26.1. The van der Waals surface area contributed by atoms with Crippen molar-refractivity contribution < 1.29 is 4.79 Å². The zero-order chi connectivity index (χ0) is 19.5. The highest BCUT2D eigenvalue weighted by Crippen LogP contribution is 2.37. The minimum absolute atomic E-state index is 0.0863. The van der Waals surface area contributed by atoms with E-state index in [-0.39, 0.29) is 5.91 Å². The van der Waals surface area contributed by atoms with Crippen LogP contribution in [0.3, 0.4) is 0 Å². The Bertz CT molecular complexity index is 1020. The maximum atomic E-state index is 12.8. The molecule has 1 aliphatic heterocycles. The first-order chi connectivity index (χ1) is 13.6. The van der Waals surface area contributed by atoms with Crippen molar-refractivity contribution in [2.24, 2.45) is 0 Å². The summed E-state index contributed by atoms with van der Waals surface area (Å²) in [6.07, 6.45) is 0. The van der Waals surface area contributed by atoms with E-state index in [9.17, 15) is 4.79 Å². The predicted octanol–water partition coefficient (Wildman–Crippen LogP) is 4.68. The van der Waals surface area contributed by atoms with E-state index in [1.807, 2.05) is 54.6 Å². The van der Waals surface area contributed by atoms with Crippen molar-refractivity contribution in [1.82, 2.24) is 4.90 Å². The fourth-order valence-corrected chi connectivity index (χ4v) is 3.45. The molecule has 0 saturated carbocycles. The number of rotatable bonds is 5. The van der Waals surface area contributed by atoms with Gasteiger partial charge < -0.3 is 15.5 Å². The average molecular weight is 369 g/mol. The van der Waals surface area contributed by atoms with Crippen molar-refractivity contribution in [3.8, 4) is 0 Å². The number of amides is 1. The number of para-hydroxylation sites is 1. The van der Waals surface area contributed by atoms with Gasteiger partial charge in [-0.05, 0) is 43.4 Å². The lowest BCUT2D eigenvalue weighted by Gasteiger charge is -2.16. The molecule has 4 heteroatoms. The van der Waals surface area contributed by atoms with Gasteiger partial charge in [-0.2, -0.15) is 0 Å². The first-order valence-electron chi connectivity index (χ1n) is 9.33. The molecule has 3 aromatic rings. The number of carbonyl (C=O) groups is 1. The fraction of sp³-hybridized carbons (Fsp3) is 0.125. The Kier molecular flexibility index (Phi) is 4.96. The van der Waals surface area contributed by atoms with Gasteiger partial charge in [0.15, 0.2) is 0 Å². The second-order valence-corrected chi connectivity index (χ2v) is 7.18. The van der Waals surface area contributed by atoms with E-state index in [0.717, 1.165) is 34.7 Å². The van der Waals surface area contributed by atoms with Crippen molar-refractivity contribution in [2.75, 3.05) is 24.7 Å². The molecule has 4 nitrogen and oxygen atoms in total. The van der Waals surface area contributed by atoms with Gasteiger partial charge in [0.25, 0.3) is 5.91 Å². The third kappa shape index (κ3) is 3.68. The van der Waals surface area contributed by atoms with Crippen molar-refractivity contribution in [1.29, 1.82) is 0 Å². The maximum absolute atomic E-state index is 12.8. The Balaban J connectivity index is 1.77. The third-order valence-corrected chi connectivity index (χ3v) is 4.71. The van der Waals surface area contributed by atoms with Gasteiger partial charge in [0, 0.05) is 23.5 Å². The largest absolute Gasteiger partial charge is 0.354 e. The lowest BCUT2D eigenvalue weighted by molar-refractivity contribution is -0.110. The van der Waals surface area contributed by atoms with Crippen molar-refractivity contribution in [2.45, 2.75) is 6.54 Å². The highest BCUT2D eigenvalue weighted by molar-refractivity contribution is 6.37. The molecule has 28 heavy (non-hydrogen) atoms. The molecule has 0 aliphatic carbocycles. The van der Waals surface area contributed by atoms with Crippen molar-refractivity contribution in [3.63, 3.8) is 0 Å². The number of hydrogen-bond donors (Lipinski definition) is 2. The lowest BCUT2D eigenvalue weighted by Crippen LogP contribution is -2.11. The molecule has 1 heterocycles. The molecule has 140 valence electrons. The summed E-state index contributed by atoms with van der Waals surface area (Å²) >= 11 is 0. The summed E-state index contributed by atoms with van der Waals surface area (Å²) in [5.74, 6) is -0.0863. The molecular weight excluding hydrogens is 346 g/mol. The van der Waals surface area contributed by atoms with Gasteiger partial charge in [-0.1, -0.05) is 60.7 Å². The second-order valence-electron chi connectivity index (χ2n) is 7.18. The van der Waals surface area contributed by atoms with E-state index in [1.54, 1.807) is 0 Å². The maximum Gasteiger partial charge on any atom is 0.258 e. The summed E-state index contributed by atoms with van der Waals surface area (Å²) in [6.45, 7) is 0.892. The van der Waals surface area contributed by atoms with Crippen LogP contribution in [0.15, 0.2) is 78.9 Å². The van der Waals surface area contributed by atoms with Crippen molar-refractivity contribution >= 4 is 28.6 Å². The molecule has 0 fully saturated rings. The number of carbonyl (C=O) groups excluding carboxylic acids is 1. The molecule has 0 bridgehead atoms. The van der Waals surface area contributed by atoms with Crippen LogP contribution in [0.5, 0.6) is 0 Å². The number of benzene rings is 3. The third-order valence-electron chi connectivity index (χ3n) is 4.71. The average Bonchev–Trinajstić information content (AvgIpc) is 3.03. The van der Waals surface area contributed by atoms with E-state index in [4.69, 9.17) is 0 Å². The number of fused-ring (bicyclic) bond motifs is 1. The highest BCUT2D eigenvalue weighted by atomic mass is 16.2. The second kappa shape index (κ2) is 7.71. The Morgan fingerprint density at radius 3 is 2.29 bits per heavy atom. The molecule has 3 aromatic carbocycles. The van der Waals surface area contributed by atoms with Gasteiger partial charge in [0.05, 0.1) is 11.3 Å². The van der Waals surface area contributed by atoms with Crippen LogP contribution in [0.1, 0.15) is 16.7 Å². The van der Waals surface area contributed by atoms with Crippen LogP contribution < -0.4 is 10.6 Å². The molecule has 4 rings (SSSR count). The van der Waals surface area contributed by atoms with E-state index in [2.05, 4.69) is 53.9 Å². The predicted molar refractivity (Wildman–Crippen MR) is 116 cm³/mol. The number of anilines is 2. The Hall–Kier alpha value is -3.37. The van der Waals surface area contributed by atoms with Crippen molar-refractivity contribution in [3.05, 3.63) is 95.6 Å². The zero-order valence-corrected chi connectivity index (χ0v) is 16.1. The smallest absolute Gasteiger partial charge is 0.258 e. The van der Waals surface area contributed by atoms with Gasteiger partial charge >= 0.3 is 0 Å². The van der Waals surface area contributed by atoms with Gasteiger partial charge in [-0.15, -0.1) is 0 Å². The van der Waals surface area contributed by atoms with Crippen LogP contribution in [-0.4, -0.2) is 24.9 Å². The number of hydrogen-bond acceptors (Lipinski definition) is 3. The molecule has 0 spiro atoms. The van der Waals surface area contributed by atoms with Crippen LogP contribution in [0.25, 0.3) is 11.3 Å². The van der Waals surface area contributed by atoms with Gasteiger partial charge in [-0.25, -0.2) is 0 Å². The minimum atomic E-state index is -0.0863. The highest BCUT2D eigenvalue weighted by Gasteiger charge is 2.27. The summed E-state index contributed by atoms with van der Waals surface area (Å²) < 4.78 is 0. The minimum Gasteiger partial charge on any atom is -0.354 e. The monoisotopic (exact) mass is 369 g/mol. The molecule has 0 atom stereocenters. The lowest BCUT2D eigenvalue weighted by atomic mass is 10.00. The molecule has 1 amide bonds. The fourth-order valence-electron chi connectivity index (χ4n) is 3.45. The summed E-state index contributed by atoms with van der Waals surface area (Å²) in [5.41, 5.74) is 6.41. The standard InChI is InChI=1S/C24H23N3O/c1-27(2)16-17-12-14-19(15-13-17)25-23(18-8-4-3-5-9-18)22-20-10-6-7-11-21(20)26-24(22)28/h3-15,25H,16H2,1-2H3,(H,26,28)/b23-22-. The van der Waals surface area contributed by atoms with E-state index in [1.165, 1.54) is 5.56 Å². The van der Waals surface area contributed by atoms with E-state index in [0.29, 0.717) is 5.57 Å². The van der Waals surface area contributed by atoms with Crippen LogP contribution >= 0.6 is 0 Å². The van der Waals surface area contributed by atoms with Gasteiger partial charge in [-0.3, -0.25) is 4.79 Å². The Labute approximate surface area is 165 Å². The van der Waals surface area contributed by atoms with Gasteiger partial charge in [0.1, 0.15) is 0 Å².